The Balaban J connectivity index is 1.26. The highest BCUT2D eigenvalue weighted by Crippen LogP contribution is 2.44. The molecule has 0 N–H and O–H groups in total. The van der Waals surface area contributed by atoms with Gasteiger partial charge in [0.15, 0.2) is 6.29 Å². The van der Waals surface area contributed by atoms with Crippen molar-refractivity contribution in [2.75, 3.05) is 0 Å². The SMILES string of the molecule is CCc1c(OCc2ccccc2)cc(OCc2ccccc2)c(-c2ccc(F)c(Cl)c2)c1CC1O[C@H](OCc2ccccc2)[C@@H](OCc2ccccc2)O1. The van der Waals surface area contributed by atoms with Gasteiger partial charge in [-0.15, -0.1) is 0 Å². The van der Waals surface area contributed by atoms with E-state index in [4.69, 9.17) is 40.0 Å². The Hall–Kier alpha value is -5.02. The zero-order chi connectivity index (χ0) is 37.1. The van der Waals surface area contributed by atoms with Gasteiger partial charge in [0.25, 0.3) is 0 Å². The van der Waals surface area contributed by atoms with Gasteiger partial charge in [0.05, 0.1) is 18.2 Å². The van der Waals surface area contributed by atoms with E-state index in [0.29, 0.717) is 49.9 Å². The largest absolute Gasteiger partial charge is 0.488 e. The second-order valence-electron chi connectivity index (χ2n) is 13.0. The number of ether oxygens (including phenoxy) is 6. The van der Waals surface area contributed by atoms with Gasteiger partial charge in [-0.25, -0.2) is 4.39 Å². The molecule has 1 aliphatic rings. The van der Waals surface area contributed by atoms with Gasteiger partial charge in [0, 0.05) is 18.1 Å². The third-order valence-electron chi connectivity index (χ3n) is 9.19. The van der Waals surface area contributed by atoms with Crippen LogP contribution in [0, 0.1) is 5.82 Å². The highest BCUT2D eigenvalue weighted by molar-refractivity contribution is 6.31. The van der Waals surface area contributed by atoms with Crippen LogP contribution in [0.25, 0.3) is 11.1 Å². The van der Waals surface area contributed by atoms with Crippen molar-refractivity contribution in [2.45, 2.75) is 65.1 Å². The summed E-state index contributed by atoms with van der Waals surface area (Å²) in [6, 6.07) is 46.4. The van der Waals surface area contributed by atoms with Crippen molar-refractivity contribution in [3.05, 3.63) is 190 Å². The molecule has 1 fully saturated rings. The summed E-state index contributed by atoms with van der Waals surface area (Å²) >= 11 is 6.42. The third kappa shape index (κ3) is 9.55. The van der Waals surface area contributed by atoms with E-state index < -0.39 is 24.7 Å². The Labute approximate surface area is 321 Å². The summed E-state index contributed by atoms with van der Waals surface area (Å²) in [5, 5.41) is 0.00651. The number of hydrogen-bond donors (Lipinski definition) is 0. The van der Waals surface area contributed by atoms with Gasteiger partial charge >= 0.3 is 0 Å². The van der Waals surface area contributed by atoms with Crippen molar-refractivity contribution in [1.29, 1.82) is 0 Å². The predicted octanol–water partition coefficient (Wildman–Crippen LogP) is 10.9. The molecular weight excluding hydrogens is 703 g/mol. The first kappa shape index (κ1) is 37.3. The summed E-state index contributed by atoms with van der Waals surface area (Å²) in [7, 11) is 0. The third-order valence-corrected chi connectivity index (χ3v) is 9.48. The van der Waals surface area contributed by atoms with Gasteiger partial charge in [-0.2, -0.15) is 0 Å². The zero-order valence-electron chi connectivity index (χ0n) is 30.0. The Bertz CT molecular complexity index is 2030. The van der Waals surface area contributed by atoms with Gasteiger partial charge in [0.1, 0.15) is 30.5 Å². The van der Waals surface area contributed by atoms with Crippen LogP contribution in [0.1, 0.15) is 40.3 Å². The summed E-state index contributed by atoms with van der Waals surface area (Å²) in [4.78, 5) is 0. The molecule has 0 radical (unpaired) electrons. The number of rotatable bonds is 16. The number of hydrogen-bond acceptors (Lipinski definition) is 6. The molecule has 0 aliphatic carbocycles. The van der Waals surface area contributed by atoms with Gasteiger partial charge in [-0.05, 0) is 57.5 Å². The Morgan fingerprint density at radius 1 is 0.556 bits per heavy atom. The standard InChI is InChI=1S/C46H42ClFO6/c1-2-37-38(26-43-53-45(51-30-34-19-11-5-12-20-34)46(54-43)52-31-35-21-13-6-14-22-35)44(36-23-24-40(48)39(47)25-36)42(50-29-33-17-9-4-10-18-33)27-41(37)49-28-32-15-7-3-8-16-32/h3-25,27,43,45-46H,2,26,28-31H2,1H3/t45-,46-/m0/s1. The first-order valence-corrected chi connectivity index (χ1v) is 18.5. The van der Waals surface area contributed by atoms with Crippen molar-refractivity contribution < 1.29 is 32.8 Å². The average Bonchev–Trinajstić information content (AvgIpc) is 3.61. The van der Waals surface area contributed by atoms with Crippen LogP contribution >= 0.6 is 11.6 Å². The molecule has 276 valence electrons. The van der Waals surface area contributed by atoms with E-state index in [9.17, 15) is 4.39 Å². The van der Waals surface area contributed by atoms with E-state index in [2.05, 4.69) is 6.92 Å². The minimum absolute atomic E-state index is 0.00651. The van der Waals surface area contributed by atoms with Crippen LogP contribution in [0.2, 0.25) is 5.02 Å². The maximum atomic E-state index is 14.6. The smallest absolute Gasteiger partial charge is 0.212 e. The molecule has 7 rings (SSSR count). The minimum atomic E-state index is -0.806. The topological polar surface area (TPSA) is 55.4 Å². The molecule has 6 aromatic rings. The monoisotopic (exact) mass is 744 g/mol. The van der Waals surface area contributed by atoms with E-state index in [-0.39, 0.29) is 11.4 Å². The lowest BCUT2D eigenvalue weighted by atomic mass is 9.90. The van der Waals surface area contributed by atoms with E-state index in [1.807, 2.05) is 127 Å². The normalized spacial score (nSPS) is 15.7. The highest BCUT2D eigenvalue weighted by Gasteiger charge is 2.39. The zero-order valence-corrected chi connectivity index (χ0v) is 30.8. The molecule has 54 heavy (non-hydrogen) atoms. The highest BCUT2D eigenvalue weighted by atomic mass is 35.5. The van der Waals surface area contributed by atoms with Gasteiger partial charge < -0.3 is 28.4 Å². The minimum Gasteiger partial charge on any atom is -0.488 e. The molecule has 0 saturated carbocycles. The van der Waals surface area contributed by atoms with Gasteiger partial charge in [-0.3, -0.25) is 0 Å². The van der Waals surface area contributed by atoms with Crippen LogP contribution in [0.4, 0.5) is 4.39 Å². The summed E-state index contributed by atoms with van der Waals surface area (Å²) in [6.07, 6.45) is -1.47. The molecule has 6 aromatic carbocycles. The maximum absolute atomic E-state index is 14.6. The molecular formula is C46H42ClFO6. The van der Waals surface area contributed by atoms with Gasteiger partial charge in [-0.1, -0.05) is 146 Å². The summed E-state index contributed by atoms with van der Waals surface area (Å²) in [5.74, 6) is 0.721. The molecule has 0 amide bonds. The van der Waals surface area contributed by atoms with E-state index >= 15 is 0 Å². The summed E-state index contributed by atoms with van der Waals surface area (Å²) in [5.41, 5.74) is 7.27. The molecule has 8 heteroatoms. The Kier molecular flexibility index (Phi) is 12.7. The molecule has 0 spiro atoms. The molecule has 0 aromatic heterocycles. The lowest BCUT2D eigenvalue weighted by Gasteiger charge is -2.24. The molecule has 0 unspecified atom stereocenters. The molecule has 1 saturated heterocycles. The first-order chi connectivity index (χ1) is 26.5. The van der Waals surface area contributed by atoms with Crippen molar-refractivity contribution >= 4 is 11.6 Å². The number of halogens is 2. The number of benzene rings is 6. The van der Waals surface area contributed by atoms with E-state index in [1.165, 1.54) is 6.07 Å². The van der Waals surface area contributed by atoms with Crippen LogP contribution < -0.4 is 9.47 Å². The maximum Gasteiger partial charge on any atom is 0.212 e. The lowest BCUT2D eigenvalue weighted by Crippen LogP contribution is -2.28. The molecule has 2 atom stereocenters. The van der Waals surface area contributed by atoms with Crippen molar-refractivity contribution in [3.63, 3.8) is 0 Å². The van der Waals surface area contributed by atoms with Crippen LogP contribution in [0.3, 0.4) is 0 Å². The predicted molar refractivity (Wildman–Crippen MR) is 207 cm³/mol. The van der Waals surface area contributed by atoms with Gasteiger partial charge in [0.2, 0.25) is 12.6 Å². The fraction of sp³-hybridized carbons (Fsp3) is 0.217. The molecule has 1 aliphatic heterocycles. The first-order valence-electron chi connectivity index (χ1n) is 18.1. The van der Waals surface area contributed by atoms with Crippen LogP contribution in [0.5, 0.6) is 11.5 Å². The van der Waals surface area contributed by atoms with Crippen molar-refractivity contribution in [3.8, 4) is 22.6 Å². The fourth-order valence-electron chi connectivity index (χ4n) is 6.48. The van der Waals surface area contributed by atoms with E-state index in [0.717, 1.165) is 38.9 Å². The van der Waals surface area contributed by atoms with Crippen molar-refractivity contribution in [2.24, 2.45) is 0 Å². The van der Waals surface area contributed by atoms with E-state index in [1.54, 1.807) is 12.1 Å². The molecule has 0 bridgehead atoms. The Morgan fingerprint density at radius 2 is 1.02 bits per heavy atom. The van der Waals surface area contributed by atoms with Crippen LogP contribution in [-0.4, -0.2) is 18.9 Å². The Morgan fingerprint density at radius 3 is 1.48 bits per heavy atom. The quantitative estimate of drug-likeness (QED) is 0.0983. The fourth-order valence-corrected chi connectivity index (χ4v) is 6.66. The summed E-state index contributed by atoms with van der Waals surface area (Å²) in [6.45, 7) is 3.36. The van der Waals surface area contributed by atoms with Crippen molar-refractivity contribution in [1.82, 2.24) is 0 Å². The van der Waals surface area contributed by atoms with Crippen LogP contribution in [-0.2, 0) is 58.2 Å². The second-order valence-corrected chi connectivity index (χ2v) is 13.4. The molecule has 6 nitrogen and oxygen atoms in total. The second kappa shape index (κ2) is 18.3. The lowest BCUT2D eigenvalue weighted by molar-refractivity contribution is -0.200. The average molecular weight is 745 g/mol. The molecule has 1 heterocycles. The summed E-state index contributed by atoms with van der Waals surface area (Å²) < 4.78 is 53.4. The van der Waals surface area contributed by atoms with Crippen LogP contribution in [0.15, 0.2) is 146 Å².